The van der Waals surface area contributed by atoms with E-state index in [0.29, 0.717) is 10.9 Å². The fourth-order valence-corrected chi connectivity index (χ4v) is 3.93. The minimum atomic E-state index is -0.683. The first kappa shape index (κ1) is 17.1. The van der Waals surface area contributed by atoms with Crippen LogP contribution in [0.3, 0.4) is 0 Å². The van der Waals surface area contributed by atoms with Gasteiger partial charge in [0.05, 0.1) is 11.0 Å². The number of nitrogens with zero attached hydrogens (tertiary/aromatic N) is 1. The van der Waals surface area contributed by atoms with Crippen molar-refractivity contribution in [3.63, 3.8) is 0 Å². The van der Waals surface area contributed by atoms with Gasteiger partial charge in [0.1, 0.15) is 11.6 Å². The molecule has 0 radical (unpaired) electrons. The maximum Gasteiger partial charge on any atom is 0.273 e. The molecule has 0 saturated heterocycles. The number of halogens is 2. The first-order valence-electron chi connectivity index (χ1n) is 7.62. The molecular weight excluding hydrogens is 353 g/mol. The number of rotatable bonds is 5. The average molecular weight is 372 g/mol. The van der Waals surface area contributed by atoms with Crippen LogP contribution in [0.2, 0.25) is 0 Å². The van der Waals surface area contributed by atoms with E-state index < -0.39 is 16.7 Å². The van der Waals surface area contributed by atoms with Gasteiger partial charge >= 0.3 is 0 Å². The normalized spacial score (nSPS) is 17.2. The lowest BCUT2D eigenvalue weighted by molar-refractivity contribution is -0.385. The van der Waals surface area contributed by atoms with Gasteiger partial charge in [0.25, 0.3) is 5.69 Å². The Kier molecular flexibility index (Phi) is 5.67. The molecule has 0 aliphatic heterocycles. The number of hydrogen-bond donors (Lipinski definition) is 0. The zero-order chi connectivity index (χ0) is 16.3. The van der Waals surface area contributed by atoms with Crippen LogP contribution in [0.4, 0.5) is 10.1 Å². The summed E-state index contributed by atoms with van der Waals surface area (Å²) >= 11 is 3.20. The van der Waals surface area contributed by atoms with E-state index in [2.05, 4.69) is 15.9 Å². The number of carbonyl (C=O) groups excluding carboxylic acids is 1. The van der Waals surface area contributed by atoms with E-state index >= 15 is 0 Å². The van der Waals surface area contributed by atoms with E-state index in [1.54, 1.807) is 0 Å². The van der Waals surface area contributed by atoms with Crippen molar-refractivity contribution >= 4 is 27.4 Å². The fourth-order valence-electron chi connectivity index (χ4n) is 3.23. The number of carbonyl (C=O) groups is 1. The minimum Gasteiger partial charge on any atom is -0.299 e. The number of hydrogen-bond acceptors (Lipinski definition) is 3. The second-order valence-electron chi connectivity index (χ2n) is 5.78. The summed E-state index contributed by atoms with van der Waals surface area (Å²) < 4.78 is 14.7. The molecule has 120 valence electrons. The van der Waals surface area contributed by atoms with Crippen LogP contribution < -0.4 is 0 Å². The molecule has 1 saturated carbocycles. The molecule has 1 aromatic rings. The molecule has 0 spiro atoms. The molecule has 1 aromatic carbocycles. The van der Waals surface area contributed by atoms with Gasteiger partial charge in [-0.15, -0.1) is 0 Å². The topological polar surface area (TPSA) is 60.2 Å². The predicted molar refractivity (Wildman–Crippen MR) is 85.4 cm³/mol. The van der Waals surface area contributed by atoms with Gasteiger partial charge in [-0.25, -0.2) is 4.39 Å². The van der Waals surface area contributed by atoms with Crippen molar-refractivity contribution in [2.24, 2.45) is 5.92 Å². The van der Waals surface area contributed by atoms with Crippen LogP contribution in [0.5, 0.6) is 0 Å². The van der Waals surface area contributed by atoms with Crippen molar-refractivity contribution < 1.29 is 14.1 Å². The maximum atomic E-state index is 14.3. The second-order valence-corrected chi connectivity index (χ2v) is 6.63. The van der Waals surface area contributed by atoms with Crippen LogP contribution in [0.15, 0.2) is 16.6 Å². The molecular formula is C16H19BrFNO3. The van der Waals surface area contributed by atoms with E-state index in [1.807, 2.05) is 6.92 Å². The Balaban J connectivity index is 2.34. The average Bonchev–Trinajstić information content (AvgIpc) is 2.50. The van der Waals surface area contributed by atoms with E-state index in [4.69, 9.17) is 0 Å². The van der Waals surface area contributed by atoms with Gasteiger partial charge in [0.15, 0.2) is 0 Å². The highest BCUT2D eigenvalue weighted by atomic mass is 79.9. The highest BCUT2D eigenvalue weighted by Gasteiger charge is 2.32. The van der Waals surface area contributed by atoms with Crippen molar-refractivity contribution in [3.8, 4) is 0 Å². The number of nitro benzene ring substituents is 1. The number of non-ortho nitro benzene ring substituents is 1. The van der Waals surface area contributed by atoms with Crippen LogP contribution in [0.1, 0.15) is 56.9 Å². The van der Waals surface area contributed by atoms with E-state index in [1.165, 1.54) is 6.07 Å². The smallest absolute Gasteiger partial charge is 0.273 e. The molecule has 0 heterocycles. The van der Waals surface area contributed by atoms with Crippen molar-refractivity contribution in [3.05, 3.63) is 38.1 Å². The minimum absolute atomic E-state index is 0.0137. The lowest BCUT2D eigenvalue weighted by Crippen LogP contribution is -2.25. The highest BCUT2D eigenvalue weighted by Crippen LogP contribution is 2.37. The number of ketones is 1. The van der Waals surface area contributed by atoms with Gasteiger partial charge in [0, 0.05) is 27.9 Å². The van der Waals surface area contributed by atoms with Crippen LogP contribution in [0.25, 0.3) is 0 Å². The molecule has 6 heteroatoms. The molecule has 1 unspecified atom stereocenters. The number of Topliss-reactive ketones (excluding diaryl/α,β-unsaturated/α-hetero) is 1. The summed E-state index contributed by atoms with van der Waals surface area (Å²) in [5.41, 5.74) is -0.0585. The SMILES string of the molecule is CCC(C(=O)C1CCCCC1)c1c(F)cc([N+](=O)[O-])cc1Br. The quantitative estimate of drug-likeness (QED) is 0.531. The first-order chi connectivity index (χ1) is 10.5. The third-order valence-electron chi connectivity index (χ3n) is 4.38. The predicted octanol–water partition coefficient (Wildman–Crippen LogP) is 5.14. The molecule has 1 fully saturated rings. The van der Waals surface area contributed by atoms with Gasteiger partial charge in [-0.05, 0) is 19.3 Å². The summed E-state index contributed by atoms with van der Waals surface area (Å²) in [5, 5.41) is 10.8. The van der Waals surface area contributed by atoms with Crippen LogP contribution in [-0.2, 0) is 4.79 Å². The van der Waals surface area contributed by atoms with Crippen LogP contribution in [-0.4, -0.2) is 10.7 Å². The molecule has 0 aromatic heterocycles. The number of benzene rings is 1. The van der Waals surface area contributed by atoms with Gasteiger partial charge in [-0.2, -0.15) is 0 Å². The summed E-state index contributed by atoms with van der Waals surface area (Å²) in [4.78, 5) is 22.9. The largest absolute Gasteiger partial charge is 0.299 e. The summed E-state index contributed by atoms with van der Waals surface area (Å²) in [5.74, 6) is -1.17. The zero-order valence-corrected chi connectivity index (χ0v) is 14.1. The van der Waals surface area contributed by atoms with Crippen LogP contribution >= 0.6 is 15.9 Å². The van der Waals surface area contributed by atoms with Gasteiger partial charge in [-0.1, -0.05) is 42.1 Å². The molecule has 1 aliphatic carbocycles. The summed E-state index contributed by atoms with van der Waals surface area (Å²) in [6, 6.07) is 2.17. The zero-order valence-electron chi connectivity index (χ0n) is 12.5. The molecule has 4 nitrogen and oxygen atoms in total. The molecule has 2 rings (SSSR count). The second kappa shape index (κ2) is 7.31. The standard InChI is InChI=1S/C16H19BrFNO3/c1-2-12(16(20)10-6-4-3-5-7-10)15-13(17)8-11(19(21)22)9-14(15)18/h8-10,12H,2-7H2,1H3. The van der Waals surface area contributed by atoms with Gasteiger partial charge in [0.2, 0.25) is 0 Å². The van der Waals surface area contributed by atoms with Crippen LogP contribution in [0, 0.1) is 21.8 Å². The Morgan fingerprint density at radius 2 is 2.05 bits per heavy atom. The van der Waals surface area contributed by atoms with E-state index in [9.17, 15) is 19.3 Å². The fraction of sp³-hybridized carbons (Fsp3) is 0.562. The Bertz CT molecular complexity index is 562. The third-order valence-corrected chi connectivity index (χ3v) is 5.04. The summed E-state index contributed by atoms with van der Waals surface area (Å²) in [6.45, 7) is 1.85. The summed E-state index contributed by atoms with van der Waals surface area (Å²) in [6.07, 6.45) is 5.44. The Morgan fingerprint density at radius 1 is 1.41 bits per heavy atom. The third kappa shape index (κ3) is 3.54. The molecule has 1 aliphatic rings. The maximum absolute atomic E-state index is 14.3. The Morgan fingerprint density at radius 3 is 2.55 bits per heavy atom. The van der Waals surface area contributed by atoms with Crippen molar-refractivity contribution in [2.75, 3.05) is 0 Å². The first-order valence-corrected chi connectivity index (χ1v) is 8.42. The Labute approximate surface area is 137 Å². The lowest BCUT2D eigenvalue weighted by atomic mass is 9.78. The lowest BCUT2D eigenvalue weighted by Gasteiger charge is -2.25. The van der Waals surface area contributed by atoms with Crippen molar-refractivity contribution in [1.29, 1.82) is 0 Å². The van der Waals surface area contributed by atoms with E-state index in [-0.39, 0.29) is 23.0 Å². The molecule has 0 amide bonds. The highest BCUT2D eigenvalue weighted by molar-refractivity contribution is 9.10. The van der Waals surface area contributed by atoms with Gasteiger partial charge in [-0.3, -0.25) is 14.9 Å². The Hall–Kier alpha value is -1.30. The molecule has 0 N–H and O–H groups in total. The van der Waals surface area contributed by atoms with E-state index in [0.717, 1.165) is 38.2 Å². The van der Waals surface area contributed by atoms with Crippen molar-refractivity contribution in [2.45, 2.75) is 51.4 Å². The molecule has 0 bridgehead atoms. The van der Waals surface area contributed by atoms with Crippen molar-refractivity contribution in [1.82, 2.24) is 0 Å². The summed E-state index contributed by atoms with van der Waals surface area (Å²) in [7, 11) is 0. The number of nitro groups is 1. The molecule has 22 heavy (non-hydrogen) atoms. The van der Waals surface area contributed by atoms with Gasteiger partial charge < -0.3 is 0 Å². The monoisotopic (exact) mass is 371 g/mol. The molecule has 1 atom stereocenters.